The molecule has 0 aliphatic rings. The van der Waals surface area contributed by atoms with Gasteiger partial charge in [-0.2, -0.15) is 5.26 Å². The molecule has 3 rings (SSSR count). The Balaban J connectivity index is 1.76. The highest BCUT2D eigenvalue weighted by Gasteiger charge is 2.13. The first kappa shape index (κ1) is 19.0. The number of hydrogen-bond acceptors (Lipinski definition) is 5. The molecular weight excluding hydrogens is 384 g/mol. The third-order valence-corrected chi connectivity index (χ3v) is 4.08. The van der Waals surface area contributed by atoms with E-state index in [1.807, 2.05) is 6.07 Å². The number of rotatable bonds is 6. The van der Waals surface area contributed by atoms with Gasteiger partial charge in [-0.25, -0.2) is 4.79 Å². The van der Waals surface area contributed by atoms with Crippen LogP contribution in [0.3, 0.4) is 0 Å². The van der Waals surface area contributed by atoms with Gasteiger partial charge in [0.05, 0.1) is 23.4 Å². The fourth-order valence-corrected chi connectivity index (χ4v) is 2.66. The van der Waals surface area contributed by atoms with Crippen molar-refractivity contribution in [3.63, 3.8) is 0 Å². The maximum Gasteiger partial charge on any atom is 0.337 e. The first-order valence-corrected chi connectivity index (χ1v) is 8.41. The molecule has 0 saturated heterocycles. The smallest absolute Gasteiger partial charge is 0.337 e. The lowest BCUT2D eigenvalue weighted by atomic mass is 10.1. The Kier molecular flexibility index (Phi) is 5.63. The summed E-state index contributed by atoms with van der Waals surface area (Å²) in [7, 11) is 0. The normalized spacial score (nSPS) is 11.1. The zero-order chi connectivity index (χ0) is 20.1. The fraction of sp³-hybridized carbons (Fsp3) is 0.0500. The van der Waals surface area contributed by atoms with Gasteiger partial charge in [0.1, 0.15) is 28.9 Å². The number of hydrogen-bond donors (Lipinski definition) is 2. The highest BCUT2D eigenvalue weighted by Crippen LogP contribution is 2.28. The molecular formula is C20H13ClN2O5. The summed E-state index contributed by atoms with van der Waals surface area (Å²) >= 11 is 5.97. The summed E-state index contributed by atoms with van der Waals surface area (Å²) in [4.78, 5) is 23.2. The molecule has 2 N–H and O–H groups in total. The lowest BCUT2D eigenvalue weighted by Crippen LogP contribution is -2.23. The predicted octanol–water partition coefficient (Wildman–Crippen LogP) is 4.11. The van der Waals surface area contributed by atoms with E-state index < -0.39 is 11.9 Å². The molecule has 0 radical (unpaired) electrons. The molecule has 0 saturated carbocycles. The van der Waals surface area contributed by atoms with Gasteiger partial charge in [-0.05, 0) is 36.4 Å². The Morgan fingerprint density at radius 2 is 2.07 bits per heavy atom. The summed E-state index contributed by atoms with van der Waals surface area (Å²) in [5.74, 6) is -0.423. The zero-order valence-corrected chi connectivity index (χ0v) is 15.1. The standard InChI is InChI=1S/C20H13ClN2O5/c21-17-9-12(3-5-16(17)20(25)26)18-6-4-14(28-18)8-13(10-22)19(24)23-11-15-2-1-7-27-15/h1-9H,11H2,(H,23,24)(H,25,26)/b13-8+. The summed E-state index contributed by atoms with van der Waals surface area (Å²) in [6.07, 6.45) is 2.80. The van der Waals surface area contributed by atoms with Crippen LogP contribution in [0.15, 0.2) is 63.1 Å². The lowest BCUT2D eigenvalue weighted by Gasteiger charge is -2.02. The van der Waals surface area contributed by atoms with Crippen molar-refractivity contribution in [2.45, 2.75) is 6.54 Å². The van der Waals surface area contributed by atoms with Gasteiger partial charge in [-0.1, -0.05) is 17.7 Å². The third-order valence-electron chi connectivity index (χ3n) is 3.77. The van der Waals surface area contributed by atoms with Crippen molar-refractivity contribution < 1.29 is 23.5 Å². The summed E-state index contributed by atoms with van der Waals surface area (Å²) < 4.78 is 10.7. The van der Waals surface area contributed by atoms with E-state index in [-0.39, 0.29) is 28.5 Å². The van der Waals surface area contributed by atoms with E-state index in [1.165, 1.54) is 24.5 Å². The largest absolute Gasteiger partial charge is 0.478 e. The summed E-state index contributed by atoms with van der Waals surface area (Å²) in [5.41, 5.74) is 0.416. The van der Waals surface area contributed by atoms with Crippen molar-refractivity contribution in [1.82, 2.24) is 5.32 Å². The second kappa shape index (κ2) is 8.29. The van der Waals surface area contributed by atoms with Crippen molar-refractivity contribution in [3.05, 3.63) is 76.4 Å². The molecule has 7 nitrogen and oxygen atoms in total. The molecule has 0 spiro atoms. The fourth-order valence-electron chi connectivity index (χ4n) is 2.39. The number of nitriles is 1. The minimum Gasteiger partial charge on any atom is -0.478 e. The Morgan fingerprint density at radius 3 is 2.71 bits per heavy atom. The number of halogens is 1. The number of amides is 1. The van der Waals surface area contributed by atoms with Gasteiger partial charge in [-0.3, -0.25) is 4.79 Å². The van der Waals surface area contributed by atoms with E-state index >= 15 is 0 Å². The lowest BCUT2D eigenvalue weighted by molar-refractivity contribution is -0.117. The Hall–Kier alpha value is -3.76. The third kappa shape index (κ3) is 4.31. The molecule has 0 atom stereocenters. The maximum absolute atomic E-state index is 12.1. The van der Waals surface area contributed by atoms with Crippen molar-refractivity contribution in [3.8, 4) is 17.4 Å². The highest BCUT2D eigenvalue weighted by atomic mass is 35.5. The molecule has 0 fully saturated rings. The van der Waals surface area contributed by atoms with Crippen molar-refractivity contribution >= 4 is 29.6 Å². The van der Waals surface area contributed by atoms with E-state index in [1.54, 1.807) is 30.3 Å². The van der Waals surface area contributed by atoms with Gasteiger partial charge in [0.2, 0.25) is 0 Å². The minimum absolute atomic E-state index is 0.0166. The molecule has 0 aliphatic heterocycles. The number of nitrogens with one attached hydrogen (secondary N) is 1. The number of carboxylic acids is 1. The summed E-state index contributed by atoms with van der Waals surface area (Å²) in [6.45, 7) is 0.155. The average Bonchev–Trinajstić information content (AvgIpc) is 3.35. The van der Waals surface area contributed by atoms with Gasteiger partial charge in [-0.15, -0.1) is 0 Å². The highest BCUT2D eigenvalue weighted by molar-refractivity contribution is 6.33. The van der Waals surface area contributed by atoms with Crippen molar-refractivity contribution in [2.24, 2.45) is 0 Å². The quantitative estimate of drug-likeness (QED) is 0.478. The molecule has 1 aromatic carbocycles. The van der Waals surface area contributed by atoms with Gasteiger partial charge >= 0.3 is 5.97 Å². The molecule has 0 unspecified atom stereocenters. The summed E-state index contributed by atoms with van der Waals surface area (Å²) in [5, 5.41) is 20.9. The van der Waals surface area contributed by atoms with Crippen LogP contribution in [0.4, 0.5) is 0 Å². The molecule has 8 heteroatoms. The first-order chi connectivity index (χ1) is 13.5. The van der Waals surface area contributed by atoms with Gasteiger partial charge < -0.3 is 19.3 Å². The average molecular weight is 397 g/mol. The first-order valence-electron chi connectivity index (χ1n) is 8.03. The van der Waals surface area contributed by atoms with E-state index in [4.69, 9.17) is 25.5 Å². The van der Waals surface area contributed by atoms with E-state index in [0.29, 0.717) is 17.1 Å². The molecule has 0 aliphatic carbocycles. The predicted molar refractivity (Wildman–Crippen MR) is 100 cm³/mol. The number of carbonyl (C=O) groups excluding carboxylic acids is 1. The number of aromatic carboxylic acids is 1. The van der Waals surface area contributed by atoms with Crippen LogP contribution < -0.4 is 5.32 Å². The minimum atomic E-state index is -1.13. The van der Waals surface area contributed by atoms with Crippen molar-refractivity contribution in [2.75, 3.05) is 0 Å². The Bertz CT molecular complexity index is 1090. The number of furan rings is 2. The van der Waals surface area contributed by atoms with Crippen LogP contribution in [0.2, 0.25) is 5.02 Å². The SMILES string of the molecule is N#C/C(=C\c1ccc(-c2ccc(C(=O)O)c(Cl)c2)o1)C(=O)NCc1ccco1. The van der Waals surface area contributed by atoms with Crippen LogP contribution in [0.5, 0.6) is 0 Å². The topological polar surface area (TPSA) is 116 Å². The van der Waals surface area contributed by atoms with Gasteiger partial charge in [0.15, 0.2) is 0 Å². The molecule has 2 aromatic heterocycles. The molecule has 3 aromatic rings. The van der Waals surface area contributed by atoms with Crippen LogP contribution >= 0.6 is 11.6 Å². The van der Waals surface area contributed by atoms with Crippen molar-refractivity contribution in [1.29, 1.82) is 5.26 Å². The number of carbonyl (C=O) groups is 2. The number of carboxylic acid groups (broad SMARTS) is 1. The number of benzene rings is 1. The zero-order valence-electron chi connectivity index (χ0n) is 14.3. The summed E-state index contributed by atoms with van der Waals surface area (Å²) in [6, 6.07) is 12.9. The Morgan fingerprint density at radius 1 is 1.25 bits per heavy atom. The van der Waals surface area contributed by atoms with Crippen LogP contribution in [-0.4, -0.2) is 17.0 Å². The molecule has 0 bridgehead atoms. The van der Waals surface area contributed by atoms with Gasteiger partial charge in [0.25, 0.3) is 5.91 Å². The maximum atomic E-state index is 12.1. The molecule has 28 heavy (non-hydrogen) atoms. The van der Waals surface area contributed by atoms with E-state index in [9.17, 15) is 14.9 Å². The number of nitrogens with zero attached hydrogens (tertiary/aromatic N) is 1. The monoisotopic (exact) mass is 396 g/mol. The van der Waals surface area contributed by atoms with Crippen LogP contribution in [0, 0.1) is 11.3 Å². The molecule has 140 valence electrons. The molecule has 1 amide bonds. The van der Waals surface area contributed by atoms with Gasteiger partial charge in [0, 0.05) is 11.6 Å². The molecule has 2 heterocycles. The van der Waals surface area contributed by atoms with E-state index in [2.05, 4.69) is 5.32 Å². The second-order valence-corrected chi connectivity index (χ2v) is 6.04. The van der Waals surface area contributed by atoms with Crippen LogP contribution in [0.25, 0.3) is 17.4 Å². The van der Waals surface area contributed by atoms with E-state index in [0.717, 1.165) is 0 Å². The van der Waals surface area contributed by atoms with Crippen LogP contribution in [-0.2, 0) is 11.3 Å². The second-order valence-electron chi connectivity index (χ2n) is 5.63. The van der Waals surface area contributed by atoms with Crippen LogP contribution in [0.1, 0.15) is 21.9 Å². The Labute approximate surface area is 164 Å².